The normalized spacial score (nSPS) is 14.0. The summed E-state index contributed by atoms with van der Waals surface area (Å²) in [4.78, 5) is 18.4. The zero-order chi connectivity index (χ0) is 14.8. The fourth-order valence-electron chi connectivity index (χ4n) is 2.39. The molecule has 0 aliphatic carbocycles. The van der Waals surface area contributed by atoms with Crippen molar-refractivity contribution in [3.8, 4) is 0 Å². The van der Waals surface area contributed by atoms with Crippen molar-refractivity contribution in [1.29, 1.82) is 0 Å². The van der Waals surface area contributed by atoms with Crippen LogP contribution in [0.2, 0.25) is 0 Å². The van der Waals surface area contributed by atoms with E-state index >= 15 is 0 Å². The van der Waals surface area contributed by atoms with E-state index in [-0.39, 0.29) is 5.91 Å². The van der Waals surface area contributed by atoms with Crippen molar-refractivity contribution < 1.29 is 9.32 Å². The van der Waals surface area contributed by atoms with Crippen LogP contribution in [0.5, 0.6) is 0 Å². The molecule has 0 aromatic carbocycles. The van der Waals surface area contributed by atoms with Crippen molar-refractivity contribution >= 4 is 5.91 Å². The molecule has 21 heavy (non-hydrogen) atoms. The second-order valence-corrected chi connectivity index (χ2v) is 5.21. The summed E-state index contributed by atoms with van der Waals surface area (Å²) in [5.74, 6) is 1.49. The maximum atomic E-state index is 12.4. The summed E-state index contributed by atoms with van der Waals surface area (Å²) in [6, 6.07) is 1.88. The number of amides is 1. The largest absolute Gasteiger partial charge is 0.359 e. The van der Waals surface area contributed by atoms with E-state index < -0.39 is 0 Å². The first kappa shape index (κ1) is 13.8. The molecule has 0 bridgehead atoms. The maximum Gasteiger partial charge on any atom is 0.274 e. The number of carbonyl (C=O) groups excluding carboxylic acids is 1. The first-order chi connectivity index (χ1) is 10.2. The molecule has 0 atom stereocenters. The van der Waals surface area contributed by atoms with Crippen molar-refractivity contribution in [1.82, 2.24) is 24.9 Å². The first-order valence-electron chi connectivity index (χ1n) is 7.14. The SMILES string of the molecule is CCc1cc(CN(C)C(=O)c2cn3c(n2)CNCC3)on1. The Labute approximate surface area is 122 Å². The number of fused-ring (bicyclic) bond motifs is 1. The van der Waals surface area contributed by atoms with Gasteiger partial charge in [0.2, 0.25) is 0 Å². The van der Waals surface area contributed by atoms with Crippen LogP contribution in [0.1, 0.15) is 34.7 Å². The molecule has 1 aliphatic rings. The van der Waals surface area contributed by atoms with Gasteiger partial charge in [-0.3, -0.25) is 4.79 Å². The van der Waals surface area contributed by atoms with Gasteiger partial charge in [0.25, 0.3) is 5.91 Å². The molecule has 0 unspecified atom stereocenters. The predicted octanol–water partition coefficient (Wildman–Crippen LogP) is 0.809. The van der Waals surface area contributed by atoms with E-state index in [1.807, 2.05) is 23.8 Å². The van der Waals surface area contributed by atoms with Crippen LogP contribution >= 0.6 is 0 Å². The highest BCUT2D eigenvalue weighted by atomic mass is 16.5. The molecule has 2 aromatic heterocycles. The molecule has 7 heteroatoms. The Hall–Kier alpha value is -2.15. The molecule has 3 rings (SSSR count). The molecule has 0 saturated heterocycles. The quantitative estimate of drug-likeness (QED) is 0.901. The van der Waals surface area contributed by atoms with E-state index in [4.69, 9.17) is 4.52 Å². The van der Waals surface area contributed by atoms with Crippen LogP contribution in [-0.4, -0.2) is 39.1 Å². The molecule has 0 spiro atoms. The van der Waals surface area contributed by atoms with Crippen molar-refractivity contribution in [2.24, 2.45) is 0 Å². The van der Waals surface area contributed by atoms with E-state index in [1.54, 1.807) is 11.9 Å². The number of aryl methyl sites for hydroxylation is 1. The van der Waals surface area contributed by atoms with Crippen LogP contribution in [0.3, 0.4) is 0 Å². The van der Waals surface area contributed by atoms with Crippen LogP contribution in [0, 0.1) is 0 Å². The molecule has 3 heterocycles. The third kappa shape index (κ3) is 2.82. The number of aromatic nitrogens is 3. The van der Waals surface area contributed by atoms with Crippen LogP contribution in [0.15, 0.2) is 16.8 Å². The van der Waals surface area contributed by atoms with E-state index in [1.165, 1.54) is 0 Å². The van der Waals surface area contributed by atoms with Crippen molar-refractivity contribution in [2.75, 3.05) is 13.6 Å². The zero-order valence-electron chi connectivity index (χ0n) is 12.3. The number of hydrogen-bond acceptors (Lipinski definition) is 5. The molecule has 1 N–H and O–H groups in total. The summed E-state index contributed by atoms with van der Waals surface area (Å²) in [7, 11) is 1.74. The van der Waals surface area contributed by atoms with E-state index in [0.717, 1.165) is 31.0 Å². The average Bonchev–Trinajstić information content (AvgIpc) is 3.12. The monoisotopic (exact) mass is 289 g/mol. The van der Waals surface area contributed by atoms with Gasteiger partial charge >= 0.3 is 0 Å². The third-order valence-electron chi connectivity index (χ3n) is 3.60. The summed E-state index contributed by atoms with van der Waals surface area (Å²) >= 11 is 0. The summed E-state index contributed by atoms with van der Waals surface area (Å²) in [6.45, 7) is 4.87. The van der Waals surface area contributed by atoms with Gasteiger partial charge in [-0.25, -0.2) is 4.98 Å². The molecule has 112 valence electrons. The molecule has 2 aromatic rings. The topological polar surface area (TPSA) is 76.2 Å². The van der Waals surface area contributed by atoms with Gasteiger partial charge in [-0.15, -0.1) is 0 Å². The summed E-state index contributed by atoms with van der Waals surface area (Å²) in [6.07, 6.45) is 2.65. The van der Waals surface area contributed by atoms with Crippen molar-refractivity contribution in [3.05, 3.63) is 35.2 Å². The lowest BCUT2D eigenvalue weighted by atomic mass is 10.3. The van der Waals surface area contributed by atoms with Gasteiger partial charge in [-0.1, -0.05) is 12.1 Å². The van der Waals surface area contributed by atoms with Gasteiger partial charge in [0.15, 0.2) is 5.76 Å². The second-order valence-electron chi connectivity index (χ2n) is 5.21. The highest BCUT2D eigenvalue weighted by Gasteiger charge is 2.20. The molecule has 7 nitrogen and oxygen atoms in total. The highest BCUT2D eigenvalue weighted by molar-refractivity contribution is 5.92. The van der Waals surface area contributed by atoms with Crippen LogP contribution in [0.25, 0.3) is 0 Å². The molecular formula is C14H19N5O2. The van der Waals surface area contributed by atoms with Crippen LogP contribution in [-0.2, 0) is 26.1 Å². The van der Waals surface area contributed by atoms with Gasteiger partial charge in [0, 0.05) is 32.4 Å². The summed E-state index contributed by atoms with van der Waals surface area (Å²) < 4.78 is 7.24. The number of nitrogens with zero attached hydrogens (tertiary/aromatic N) is 4. The van der Waals surface area contributed by atoms with Gasteiger partial charge in [-0.05, 0) is 6.42 Å². The molecular weight excluding hydrogens is 270 g/mol. The minimum atomic E-state index is -0.105. The Balaban J connectivity index is 1.70. The maximum absolute atomic E-state index is 12.4. The lowest BCUT2D eigenvalue weighted by molar-refractivity contribution is 0.0766. The minimum Gasteiger partial charge on any atom is -0.359 e. The Morgan fingerprint density at radius 1 is 1.57 bits per heavy atom. The van der Waals surface area contributed by atoms with E-state index in [2.05, 4.69) is 15.5 Å². The molecule has 1 amide bonds. The fraction of sp³-hybridized carbons (Fsp3) is 0.500. The first-order valence-corrected chi connectivity index (χ1v) is 7.14. The van der Waals surface area contributed by atoms with Crippen LogP contribution in [0.4, 0.5) is 0 Å². The predicted molar refractivity (Wildman–Crippen MR) is 75.6 cm³/mol. The Bertz CT molecular complexity index is 622. The molecule has 0 radical (unpaired) electrons. The van der Waals surface area contributed by atoms with Crippen molar-refractivity contribution in [2.45, 2.75) is 33.0 Å². The summed E-state index contributed by atoms with van der Waals surface area (Å²) in [5.41, 5.74) is 1.38. The standard InChI is InChI=1S/C14H19N5O2/c1-3-10-6-11(21-17-10)8-18(2)14(20)12-9-19-5-4-15-7-13(19)16-12/h6,9,15H,3-5,7-8H2,1-2H3. The number of rotatable bonds is 4. The molecule has 0 saturated carbocycles. The van der Waals surface area contributed by atoms with Gasteiger partial charge in [-0.2, -0.15) is 0 Å². The van der Waals surface area contributed by atoms with Gasteiger partial charge in [0.1, 0.15) is 11.5 Å². The van der Waals surface area contributed by atoms with Crippen LogP contribution < -0.4 is 5.32 Å². The van der Waals surface area contributed by atoms with Gasteiger partial charge in [0.05, 0.1) is 18.8 Å². The second kappa shape index (κ2) is 5.69. The Morgan fingerprint density at radius 3 is 3.14 bits per heavy atom. The molecule has 0 fully saturated rings. The number of imidazole rings is 1. The highest BCUT2D eigenvalue weighted by Crippen LogP contribution is 2.12. The lowest BCUT2D eigenvalue weighted by Gasteiger charge is -2.13. The van der Waals surface area contributed by atoms with E-state index in [9.17, 15) is 4.79 Å². The molecule has 1 aliphatic heterocycles. The fourth-order valence-corrected chi connectivity index (χ4v) is 2.39. The van der Waals surface area contributed by atoms with Gasteiger partial charge < -0.3 is 19.3 Å². The average molecular weight is 289 g/mol. The third-order valence-corrected chi connectivity index (χ3v) is 3.60. The van der Waals surface area contributed by atoms with E-state index in [0.29, 0.717) is 24.5 Å². The number of hydrogen-bond donors (Lipinski definition) is 1. The number of nitrogens with one attached hydrogen (secondary N) is 1. The lowest BCUT2D eigenvalue weighted by Crippen LogP contribution is -2.27. The number of carbonyl (C=O) groups is 1. The van der Waals surface area contributed by atoms with Crippen molar-refractivity contribution in [3.63, 3.8) is 0 Å². The smallest absolute Gasteiger partial charge is 0.274 e. The summed E-state index contributed by atoms with van der Waals surface area (Å²) in [5, 5.41) is 7.17. The Morgan fingerprint density at radius 2 is 2.43 bits per heavy atom. The minimum absolute atomic E-state index is 0.105. The zero-order valence-corrected chi connectivity index (χ0v) is 12.3. The Kier molecular flexibility index (Phi) is 3.74.